The predicted octanol–water partition coefficient (Wildman–Crippen LogP) is 2.51. The minimum absolute atomic E-state index is 0.229. The van der Waals surface area contributed by atoms with Crippen molar-refractivity contribution in [3.8, 4) is 5.75 Å². The molecule has 0 bridgehead atoms. The number of amides is 1. The molecule has 0 saturated heterocycles. The lowest BCUT2D eigenvalue weighted by Crippen LogP contribution is -2.31. The van der Waals surface area contributed by atoms with Gasteiger partial charge in [-0.2, -0.15) is 4.39 Å². The highest BCUT2D eigenvalue weighted by atomic mass is 19.1. The molecular formula is C15H14F2N2O2. The number of nitrogens with zero attached hydrogens (tertiary/aromatic N) is 2. The molecule has 1 aromatic heterocycles. The first kappa shape index (κ1) is 14.9. The van der Waals surface area contributed by atoms with Crippen molar-refractivity contribution in [2.24, 2.45) is 0 Å². The minimum Gasteiger partial charge on any atom is -0.492 e. The number of ether oxygens (including phenoxy) is 1. The Balaban J connectivity index is 1.85. The van der Waals surface area contributed by atoms with E-state index in [1.807, 2.05) is 0 Å². The summed E-state index contributed by atoms with van der Waals surface area (Å²) in [5, 5.41) is 0. The number of pyridine rings is 1. The Labute approximate surface area is 121 Å². The van der Waals surface area contributed by atoms with Gasteiger partial charge >= 0.3 is 0 Å². The number of benzene rings is 1. The third-order valence-corrected chi connectivity index (χ3v) is 2.83. The van der Waals surface area contributed by atoms with Crippen molar-refractivity contribution in [1.82, 2.24) is 9.88 Å². The number of hydrogen-bond donors (Lipinski definition) is 0. The molecular weight excluding hydrogens is 278 g/mol. The number of rotatable bonds is 5. The quantitative estimate of drug-likeness (QED) is 0.795. The van der Waals surface area contributed by atoms with Gasteiger partial charge in [-0.1, -0.05) is 0 Å². The molecule has 6 heteroatoms. The smallest absolute Gasteiger partial charge is 0.253 e. The minimum atomic E-state index is -0.697. The maximum absolute atomic E-state index is 13.0. The van der Waals surface area contributed by atoms with E-state index in [0.717, 1.165) is 6.07 Å². The number of carbonyl (C=O) groups is 1. The topological polar surface area (TPSA) is 42.4 Å². The summed E-state index contributed by atoms with van der Waals surface area (Å²) in [5.41, 5.74) is 0.229. The van der Waals surface area contributed by atoms with Crippen molar-refractivity contribution in [1.29, 1.82) is 0 Å². The van der Waals surface area contributed by atoms with Crippen molar-refractivity contribution < 1.29 is 18.3 Å². The SMILES string of the molecule is CN(CCOc1ccc(F)cc1)C(=O)c1ccnc(F)c1. The molecule has 0 N–H and O–H groups in total. The first-order valence-electron chi connectivity index (χ1n) is 6.31. The van der Waals surface area contributed by atoms with Gasteiger partial charge in [0.1, 0.15) is 18.2 Å². The average molecular weight is 292 g/mol. The van der Waals surface area contributed by atoms with Crippen LogP contribution in [0.25, 0.3) is 0 Å². The zero-order chi connectivity index (χ0) is 15.2. The summed E-state index contributed by atoms with van der Waals surface area (Å²) in [6.07, 6.45) is 1.24. The second kappa shape index (κ2) is 6.78. The highest BCUT2D eigenvalue weighted by molar-refractivity contribution is 5.93. The normalized spacial score (nSPS) is 10.2. The van der Waals surface area contributed by atoms with E-state index in [0.29, 0.717) is 12.3 Å². The summed E-state index contributed by atoms with van der Waals surface area (Å²) in [6.45, 7) is 0.571. The zero-order valence-corrected chi connectivity index (χ0v) is 11.4. The van der Waals surface area contributed by atoms with Gasteiger partial charge in [-0.25, -0.2) is 9.37 Å². The lowest BCUT2D eigenvalue weighted by atomic mass is 10.2. The summed E-state index contributed by atoms with van der Waals surface area (Å²) in [5.74, 6) is -0.836. The molecule has 0 saturated carbocycles. The maximum Gasteiger partial charge on any atom is 0.253 e. The number of carbonyl (C=O) groups excluding carboxylic acids is 1. The van der Waals surface area contributed by atoms with Crippen molar-refractivity contribution in [3.63, 3.8) is 0 Å². The molecule has 0 spiro atoms. The molecule has 0 unspecified atom stereocenters. The van der Waals surface area contributed by atoms with E-state index in [2.05, 4.69) is 4.98 Å². The first-order chi connectivity index (χ1) is 10.1. The van der Waals surface area contributed by atoms with Crippen LogP contribution < -0.4 is 4.74 Å². The fraction of sp³-hybridized carbons (Fsp3) is 0.200. The molecule has 2 aromatic rings. The van der Waals surface area contributed by atoms with Crippen molar-refractivity contribution >= 4 is 5.91 Å². The lowest BCUT2D eigenvalue weighted by molar-refractivity contribution is 0.0773. The van der Waals surface area contributed by atoms with Crippen LogP contribution in [0.4, 0.5) is 8.78 Å². The van der Waals surface area contributed by atoms with Crippen LogP contribution in [0, 0.1) is 11.8 Å². The summed E-state index contributed by atoms with van der Waals surface area (Å²) in [7, 11) is 1.59. The summed E-state index contributed by atoms with van der Waals surface area (Å²) < 4.78 is 31.1. The molecule has 4 nitrogen and oxygen atoms in total. The highest BCUT2D eigenvalue weighted by Gasteiger charge is 2.12. The van der Waals surface area contributed by atoms with Crippen molar-refractivity contribution in [2.75, 3.05) is 20.2 Å². The standard InChI is InChI=1S/C15H14F2N2O2/c1-19(15(20)11-6-7-18-14(17)10-11)8-9-21-13-4-2-12(16)3-5-13/h2-7,10H,8-9H2,1H3. The second-order valence-electron chi connectivity index (χ2n) is 4.40. The molecule has 0 aliphatic carbocycles. The zero-order valence-electron chi connectivity index (χ0n) is 11.4. The highest BCUT2D eigenvalue weighted by Crippen LogP contribution is 2.11. The van der Waals surface area contributed by atoms with Gasteiger partial charge in [0.25, 0.3) is 5.91 Å². The Kier molecular flexibility index (Phi) is 4.81. The van der Waals surface area contributed by atoms with Gasteiger partial charge in [0.15, 0.2) is 0 Å². The number of aromatic nitrogens is 1. The van der Waals surface area contributed by atoms with E-state index in [9.17, 15) is 13.6 Å². The van der Waals surface area contributed by atoms with E-state index < -0.39 is 5.95 Å². The van der Waals surface area contributed by atoms with Crippen LogP contribution in [0.15, 0.2) is 42.6 Å². The largest absolute Gasteiger partial charge is 0.492 e. The van der Waals surface area contributed by atoms with E-state index in [-0.39, 0.29) is 23.9 Å². The van der Waals surface area contributed by atoms with E-state index in [1.54, 1.807) is 7.05 Å². The summed E-state index contributed by atoms with van der Waals surface area (Å²) >= 11 is 0. The maximum atomic E-state index is 13.0. The second-order valence-corrected chi connectivity index (χ2v) is 4.40. The Hall–Kier alpha value is -2.50. The van der Waals surface area contributed by atoms with E-state index in [1.165, 1.54) is 41.4 Å². The van der Waals surface area contributed by atoms with Crippen molar-refractivity contribution in [3.05, 3.63) is 59.9 Å². The molecule has 1 amide bonds. The van der Waals surface area contributed by atoms with Crippen LogP contribution >= 0.6 is 0 Å². The Bertz CT molecular complexity index is 617. The van der Waals surface area contributed by atoms with Crippen LogP contribution in [-0.4, -0.2) is 36.0 Å². The van der Waals surface area contributed by atoms with Gasteiger partial charge < -0.3 is 9.64 Å². The molecule has 2 rings (SSSR count). The van der Waals surface area contributed by atoms with Gasteiger partial charge in [0.05, 0.1) is 6.54 Å². The average Bonchev–Trinajstić information content (AvgIpc) is 2.48. The third kappa shape index (κ3) is 4.24. The number of likely N-dealkylation sites (N-methyl/N-ethyl adjacent to an activating group) is 1. The Morgan fingerprint density at radius 3 is 2.62 bits per heavy atom. The molecule has 110 valence electrons. The lowest BCUT2D eigenvalue weighted by Gasteiger charge is -2.17. The summed E-state index contributed by atoms with van der Waals surface area (Å²) in [4.78, 5) is 16.8. The molecule has 1 aromatic carbocycles. The van der Waals surface area contributed by atoms with Crippen LogP contribution in [0.1, 0.15) is 10.4 Å². The van der Waals surface area contributed by atoms with Gasteiger partial charge in [-0.3, -0.25) is 4.79 Å². The van der Waals surface area contributed by atoms with Crippen molar-refractivity contribution in [2.45, 2.75) is 0 Å². The summed E-state index contributed by atoms with van der Waals surface area (Å²) in [6, 6.07) is 8.14. The Morgan fingerprint density at radius 1 is 1.24 bits per heavy atom. The van der Waals surface area contributed by atoms with Crippen LogP contribution in [-0.2, 0) is 0 Å². The van der Waals surface area contributed by atoms with Gasteiger partial charge in [0.2, 0.25) is 5.95 Å². The molecule has 21 heavy (non-hydrogen) atoms. The fourth-order valence-electron chi connectivity index (χ4n) is 1.69. The van der Waals surface area contributed by atoms with Gasteiger partial charge in [-0.05, 0) is 30.3 Å². The molecule has 0 aliphatic heterocycles. The number of hydrogen-bond acceptors (Lipinski definition) is 3. The monoisotopic (exact) mass is 292 g/mol. The predicted molar refractivity (Wildman–Crippen MR) is 73.1 cm³/mol. The van der Waals surface area contributed by atoms with E-state index in [4.69, 9.17) is 4.74 Å². The Morgan fingerprint density at radius 2 is 1.95 bits per heavy atom. The first-order valence-corrected chi connectivity index (χ1v) is 6.31. The fourth-order valence-corrected chi connectivity index (χ4v) is 1.69. The molecule has 0 aliphatic rings. The third-order valence-electron chi connectivity index (χ3n) is 2.83. The molecule has 0 atom stereocenters. The van der Waals surface area contributed by atoms with Gasteiger partial charge in [-0.15, -0.1) is 0 Å². The molecule has 1 heterocycles. The van der Waals surface area contributed by atoms with Crippen LogP contribution in [0.5, 0.6) is 5.75 Å². The van der Waals surface area contributed by atoms with Gasteiger partial charge in [0, 0.05) is 24.9 Å². The van der Waals surface area contributed by atoms with Crippen LogP contribution in [0.3, 0.4) is 0 Å². The van der Waals surface area contributed by atoms with E-state index >= 15 is 0 Å². The molecule has 0 radical (unpaired) electrons. The number of halogens is 2. The van der Waals surface area contributed by atoms with Crippen LogP contribution in [0.2, 0.25) is 0 Å². The molecule has 0 fully saturated rings.